The Morgan fingerprint density at radius 2 is 1.71 bits per heavy atom. The van der Waals surface area contributed by atoms with Gasteiger partial charge in [0.25, 0.3) is 5.91 Å². The number of phenols is 1. The van der Waals surface area contributed by atoms with Gasteiger partial charge in [0.15, 0.2) is 0 Å². The van der Waals surface area contributed by atoms with Crippen molar-refractivity contribution in [3.8, 4) is 5.75 Å². The van der Waals surface area contributed by atoms with Crippen molar-refractivity contribution in [1.29, 1.82) is 0 Å². The van der Waals surface area contributed by atoms with Crippen LogP contribution < -0.4 is 16.6 Å². The quantitative estimate of drug-likeness (QED) is 0.361. The molecule has 0 aliphatic rings. The van der Waals surface area contributed by atoms with E-state index in [1.165, 1.54) is 12.1 Å². The number of aromatic hydroxyl groups is 1. The molecule has 0 heterocycles. The van der Waals surface area contributed by atoms with Gasteiger partial charge in [-0.3, -0.25) is 10.2 Å². The molecule has 0 aromatic heterocycles. The monoisotopic (exact) mass is 329 g/mol. The van der Waals surface area contributed by atoms with Crippen molar-refractivity contribution >= 4 is 12.0 Å². The summed E-state index contributed by atoms with van der Waals surface area (Å²) in [4.78, 5) is 23.7. The van der Waals surface area contributed by atoms with Crippen LogP contribution in [0.25, 0.3) is 0 Å². The topological polar surface area (TPSA) is 114 Å². The van der Waals surface area contributed by atoms with Gasteiger partial charge in [0.1, 0.15) is 18.4 Å². The number of alkyl carbamates (subject to hydrolysis) is 1. The van der Waals surface area contributed by atoms with E-state index in [-0.39, 0.29) is 18.8 Å². The molecule has 0 unspecified atom stereocenters. The number of carbonyl (C=O) groups excluding carboxylic acids is 2. The summed E-state index contributed by atoms with van der Waals surface area (Å²) in [7, 11) is 0. The number of nitrogens with two attached hydrogens (primary N) is 1. The Bertz CT molecular complexity index is 674. The minimum absolute atomic E-state index is 0.100. The van der Waals surface area contributed by atoms with E-state index < -0.39 is 18.0 Å². The molecule has 0 saturated carbocycles. The standard InChI is InChI=1S/C17H19N3O4/c18-20-16(22)15(10-12-6-8-14(21)9-7-12)19-17(23)24-11-13-4-2-1-3-5-13/h1-9,15,21H,10-11,18H2,(H,19,23)(H,20,22)/t15-/m0/s1. The molecule has 0 saturated heterocycles. The van der Waals surface area contributed by atoms with Gasteiger partial charge in [-0.2, -0.15) is 0 Å². The van der Waals surface area contributed by atoms with Crippen LogP contribution in [0.1, 0.15) is 11.1 Å². The van der Waals surface area contributed by atoms with E-state index in [2.05, 4.69) is 5.32 Å². The van der Waals surface area contributed by atoms with E-state index in [4.69, 9.17) is 10.6 Å². The van der Waals surface area contributed by atoms with Crippen LogP contribution in [0, 0.1) is 0 Å². The van der Waals surface area contributed by atoms with Crippen molar-refractivity contribution in [2.75, 3.05) is 0 Å². The van der Waals surface area contributed by atoms with Crippen LogP contribution in [0.4, 0.5) is 4.79 Å². The average Bonchev–Trinajstić information content (AvgIpc) is 2.61. The van der Waals surface area contributed by atoms with Gasteiger partial charge in [-0.1, -0.05) is 42.5 Å². The first-order valence-corrected chi connectivity index (χ1v) is 7.34. The van der Waals surface area contributed by atoms with Gasteiger partial charge in [-0.25, -0.2) is 10.6 Å². The lowest BCUT2D eigenvalue weighted by Gasteiger charge is -2.17. The maximum atomic E-state index is 11.9. The van der Waals surface area contributed by atoms with E-state index in [0.717, 1.165) is 11.1 Å². The Hall–Kier alpha value is -3.06. The van der Waals surface area contributed by atoms with Crippen molar-refractivity contribution in [2.24, 2.45) is 5.84 Å². The number of hydrogen-bond donors (Lipinski definition) is 4. The molecule has 2 rings (SSSR count). The maximum absolute atomic E-state index is 11.9. The molecule has 0 aliphatic carbocycles. The van der Waals surface area contributed by atoms with E-state index in [1.54, 1.807) is 12.1 Å². The summed E-state index contributed by atoms with van der Waals surface area (Å²) in [6.45, 7) is 0.100. The molecular weight excluding hydrogens is 310 g/mol. The molecule has 7 heteroatoms. The highest BCUT2D eigenvalue weighted by molar-refractivity contribution is 5.85. The minimum atomic E-state index is -0.886. The van der Waals surface area contributed by atoms with E-state index in [1.807, 2.05) is 35.8 Å². The van der Waals surface area contributed by atoms with Crippen molar-refractivity contribution < 1.29 is 19.4 Å². The van der Waals surface area contributed by atoms with Gasteiger partial charge >= 0.3 is 6.09 Å². The lowest BCUT2D eigenvalue weighted by molar-refractivity contribution is -0.123. The number of carbonyl (C=O) groups is 2. The van der Waals surface area contributed by atoms with Crippen molar-refractivity contribution in [2.45, 2.75) is 19.1 Å². The zero-order valence-corrected chi connectivity index (χ0v) is 12.9. The predicted molar refractivity (Wildman–Crippen MR) is 87.7 cm³/mol. The third kappa shape index (κ3) is 5.29. The van der Waals surface area contributed by atoms with Crippen LogP contribution in [0.5, 0.6) is 5.75 Å². The molecule has 0 bridgehead atoms. The first kappa shape index (κ1) is 17.3. The second-order valence-corrected chi connectivity index (χ2v) is 5.14. The molecule has 0 fully saturated rings. The number of nitrogens with one attached hydrogen (secondary N) is 2. The largest absolute Gasteiger partial charge is 0.508 e. The third-order valence-electron chi connectivity index (χ3n) is 3.34. The van der Waals surface area contributed by atoms with Gasteiger partial charge in [-0.15, -0.1) is 0 Å². The lowest BCUT2D eigenvalue weighted by atomic mass is 10.1. The molecule has 126 valence electrons. The fourth-order valence-corrected chi connectivity index (χ4v) is 2.08. The van der Waals surface area contributed by atoms with Crippen molar-refractivity contribution in [3.63, 3.8) is 0 Å². The molecule has 1 atom stereocenters. The molecule has 0 aliphatic heterocycles. The fourth-order valence-electron chi connectivity index (χ4n) is 2.08. The number of hydrazine groups is 1. The number of hydrogen-bond acceptors (Lipinski definition) is 5. The zero-order valence-electron chi connectivity index (χ0n) is 12.9. The van der Waals surface area contributed by atoms with Crippen LogP contribution in [0.15, 0.2) is 54.6 Å². The van der Waals surface area contributed by atoms with Crippen molar-refractivity contribution in [3.05, 3.63) is 65.7 Å². The zero-order chi connectivity index (χ0) is 17.4. The number of benzene rings is 2. The molecule has 2 aromatic rings. The number of phenolic OH excluding ortho intramolecular Hbond substituents is 1. The third-order valence-corrected chi connectivity index (χ3v) is 3.34. The Labute approximate surface area is 139 Å². The Morgan fingerprint density at radius 1 is 1.04 bits per heavy atom. The second-order valence-electron chi connectivity index (χ2n) is 5.14. The summed E-state index contributed by atoms with van der Waals surface area (Å²) in [5.74, 6) is 4.74. The van der Waals surface area contributed by atoms with E-state index in [9.17, 15) is 14.7 Å². The highest BCUT2D eigenvalue weighted by Gasteiger charge is 2.21. The summed E-state index contributed by atoms with van der Waals surface area (Å²) in [5.41, 5.74) is 3.61. The number of ether oxygens (including phenoxy) is 1. The molecule has 24 heavy (non-hydrogen) atoms. The summed E-state index contributed by atoms with van der Waals surface area (Å²) in [5, 5.41) is 11.8. The highest BCUT2D eigenvalue weighted by Crippen LogP contribution is 2.11. The van der Waals surface area contributed by atoms with Gasteiger partial charge in [0, 0.05) is 6.42 Å². The molecular formula is C17H19N3O4. The van der Waals surface area contributed by atoms with Crippen molar-refractivity contribution in [1.82, 2.24) is 10.7 Å². The lowest BCUT2D eigenvalue weighted by Crippen LogP contribution is -2.50. The molecule has 2 amide bonds. The van der Waals surface area contributed by atoms with Crippen LogP contribution >= 0.6 is 0 Å². The second kappa shape index (κ2) is 8.54. The summed E-state index contributed by atoms with van der Waals surface area (Å²) in [6.07, 6.45) is -0.504. The first-order chi connectivity index (χ1) is 11.6. The first-order valence-electron chi connectivity index (χ1n) is 7.34. The van der Waals surface area contributed by atoms with Crippen LogP contribution in [-0.2, 0) is 22.6 Å². The van der Waals surface area contributed by atoms with Crippen LogP contribution in [0.2, 0.25) is 0 Å². The van der Waals surface area contributed by atoms with Gasteiger partial charge in [-0.05, 0) is 23.3 Å². The fraction of sp³-hybridized carbons (Fsp3) is 0.176. The van der Waals surface area contributed by atoms with Crippen LogP contribution in [0.3, 0.4) is 0 Å². The number of rotatable bonds is 6. The minimum Gasteiger partial charge on any atom is -0.508 e. The van der Waals surface area contributed by atoms with E-state index >= 15 is 0 Å². The van der Waals surface area contributed by atoms with Gasteiger partial charge in [0.2, 0.25) is 0 Å². The summed E-state index contributed by atoms with van der Waals surface area (Å²) in [6, 6.07) is 14.6. The SMILES string of the molecule is NNC(=O)[C@H](Cc1ccc(O)cc1)NC(=O)OCc1ccccc1. The summed E-state index contributed by atoms with van der Waals surface area (Å²) >= 11 is 0. The van der Waals surface area contributed by atoms with Crippen LogP contribution in [-0.4, -0.2) is 23.1 Å². The molecule has 2 aromatic carbocycles. The molecule has 0 spiro atoms. The summed E-state index contributed by atoms with van der Waals surface area (Å²) < 4.78 is 5.10. The van der Waals surface area contributed by atoms with Gasteiger partial charge < -0.3 is 15.2 Å². The molecule has 5 N–H and O–H groups in total. The Balaban J connectivity index is 1.93. The Morgan fingerprint density at radius 3 is 2.33 bits per heavy atom. The molecule has 0 radical (unpaired) electrons. The Kier molecular flexibility index (Phi) is 6.16. The molecule has 7 nitrogen and oxygen atoms in total. The van der Waals surface area contributed by atoms with E-state index in [0.29, 0.717) is 0 Å². The maximum Gasteiger partial charge on any atom is 0.408 e. The normalized spacial score (nSPS) is 11.4. The van der Waals surface area contributed by atoms with Gasteiger partial charge in [0.05, 0.1) is 0 Å². The average molecular weight is 329 g/mol. The number of amides is 2. The highest BCUT2D eigenvalue weighted by atomic mass is 16.5. The smallest absolute Gasteiger partial charge is 0.408 e. The predicted octanol–water partition coefficient (Wildman–Crippen LogP) is 1.22.